The predicted molar refractivity (Wildman–Crippen MR) is 87.2 cm³/mol. The number of carbonyl (C=O) groups is 2. The van der Waals surface area contributed by atoms with Gasteiger partial charge in [0.1, 0.15) is 5.54 Å². The molecule has 0 saturated carbocycles. The van der Waals surface area contributed by atoms with Crippen molar-refractivity contribution in [1.82, 2.24) is 4.90 Å². The second kappa shape index (κ2) is 7.12. The average Bonchev–Trinajstić information content (AvgIpc) is 2.51. The fraction of sp³-hybridized carbons (Fsp3) is 0.500. The third-order valence-electron chi connectivity index (χ3n) is 3.89. The highest BCUT2D eigenvalue weighted by molar-refractivity contribution is 7.91. The van der Waals surface area contributed by atoms with E-state index in [1.165, 1.54) is 45.2 Å². The molecule has 0 aromatic heterocycles. The van der Waals surface area contributed by atoms with Gasteiger partial charge in [-0.15, -0.1) is 0 Å². The van der Waals surface area contributed by atoms with Gasteiger partial charge < -0.3 is 10.0 Å². The number of carboxylic acids is 1. The molecular formula is C16H23NO5S. The summed E-state index contributed by atoms with van der Waals surface area (Å²) in [6, 6.07) is 5.60. The number of hydrogen-bond donors (Lipinski definition) is 1. The van der Waals surface area contributed by atoms with Gasteiger partial charge in [0.25, 0.3) is 5.91 Å². The third kappa shape index (κ3) is 4.31. The lowest BCUT2D eigenvalue weighted by atomic mass is 10.0. The van der Waals surface area contributed by atoms with Crippen LogP contribution in [0.2, 0.25) is 0 Å². The monoisotopic (exact) mass is 341 g/mol. The standard InChI is InChI=1S/C16H23NO5S/c1-5-6-11-23(21,22)13-9-7-12(8-10-13)14(18)17(4)16(2,3)15(19)20/h7-10H,5-6,11H2,1-4H3,(H,19,20). The van der Waals surface area contributed by atoms with E-state index in [9.17, 15) is 18.0 Å². The van der Waals surface area contributed by atoms with Crippen LogP contribution in [-0.4, -0.2) is 48.6 Å². The van der Waals surface area contributed by atoms with Crippen molar-refractivity contribution in [1.29, 1.82) is 0 Å². The van der Waals surface area contributed by atoms with Crippen molar-refractivity contribution in [3.8, 4) is 0 Å². The number of benzene rings is 1. The highest BCUT2D eigenvalue weighted by atomic mass is 32.2. The van der Waals surface area contributed by atoms with Crippen LogP contribution in [0.1, 0.15) is 44.0 Å². The summed E-state index contributed by atoms with van der Waals surface area (Å²) in [5, 5.41) is 9.17. The minimum atomic E-state index is -3.35. The molecule has 1 rings (SSSR count). The summed E-state index contributed by atoms with van der Waals surface area (Å²) in [5.74, 6) is -1.52. The summed E-state index contributed by atoms with van der Waals surface area (Å²) in [7, 11) is -1.94. The van der Waals surface area contributed by atoms with E-state index in [4.69, 9.17) is 5.11 Å². The van der Waals surface area contributed by atoms with Gasteiger partial charge in [-0.3, -0.25) is 4.79 Å². The molecule has 0 aliphatic heterocycles. The molecule has 0 saturated heterocycles. The molecule has 7 heteroatoms. The molecule has 0 spiro atoms. The lowest BCUT2D eigenvalue weighted by Gasteiger charge is -2.31. The fourth-order valence-electron chi connectivity index (χ4n) is 1.85. The Labute approximate surface area is 137 Å². The third-order valence-corrected chi connectivity index (χ3v) is 5.71. The first-order chi connectivity index (χ1) is 10.5. The zero-order valence-corrected chi connectivity index (χ0v) is 14.7. The molecule has 1 amide bonds. The van der Waals surface area contributed by atoms with Gasteiger partial charge in [-0.2, -0.15) is 0 Å². The molecule has 0 atom stereocenters. The van der Waals surface area contributed by atoms with Gasteiger partial charge in [-0.25, -0.2) is 13.2 Å². The molecule has 0 heterocycles. The number of nitrogens with zero attached hydrogens (tertiary/aromatic N) is 1. The van der Waals surface area contributed by atoms with Crippen molar-refractivity contribution in [2.75, 3.05) is 12.8 Å². The Bertz CT molecular complexity index is 677. The van der Waals surface area contributed by atoms with Crippen molar-refractivity contribution in [2.24, 2.45) is 0 Å². The lowest BCUT2D eigenvalue weighted by Crippen LogP contribution is -2.50. The Morgan fingerprint density at radius 3 is 2.13 bits per heavy atom. The second-order valence-electron chi connectivity index (χ2n) is 5.93. The van der Waals surface area contributed by atoms with E-state index in [0.29, 0.717) is 6.42 Å². The van der Waals surface area contributed by atoms with Crippen molar-refractivity contribution >= 4 is 21.7 Å². The second-order valence-corrected chi connectivity index (χ2v) is 8.03. The van der Waals surface area contributed by atoms with Gasteiger partial charge in [0.2, 0.25) is 0 Å². The maximum absolute atomic E-state index is 12.3. The van der Waals surface area contributed by atoms with Gasteiger partial charge in [0.15, 0.2) is 9.84 Å². The SMILES string of the molecule is CCCCS(=O)(=O)c1ccc(C(=O)N(C)C(C)(C)C(=O)O)cc1. The van der Waals surface area contributed by atoms with Crippen LogP contribution < -0.4 is 0 Å². The number of aliphatic carboxylic acids is 1. The van der Waals surface area contributed by atoms with Crippen LogP contribution >= 0.6 is 0 Å². The molecule has 0 radical (unpaired) electrons. The molecule has 1 N–H and O–H groups in total. The molecule has 0 aliphatic rings. The largest absolute Gasteiger partial charge is 0.480 e. The Balaban J connectivity index is 3.01. The van der Waals surface area contributed by atoms with E-state index < -0.39 is 27.3 Å². The Hall–Kier alpha value is -1.89. The number of amides is 1. The summed E-state index contributed by atoms with van der Waals surface area (Å²) in [6.07, 6.45) is 1.36. The number of sulfone groups is 1. The van der Waals surface area contributed by atoms with Crippen molar-refractivity contribution in [3.05, 3.63) is 29.8 Å². The molecular weight excluding hydrogens is 318 g/mol. The summed E-state index contributed by atoms with van der Waals surface area (Å²) >= 11 is 0. The van der Waals surface area contributed by atoms with Crippen LogP contribution in [0, 0.1) is 0 Å². The molecule has 6 nitrogen and oxygen atoms in total. The Kier molecular flexibility index (Phi) is 5.93. The molecule has 0 fully saturated rings. The van der Waals surface area contributed by atoms with E-state index >= 15 is 0 Å². The first-order valence-corrected chi connectivity index (χ1v) is 9.03. The van der Waals surface area contributed by atoms with Crippen LogP contribution in [0.5, 0.6) is 0 Å². The van der Waals surface area contributed by atoms with Gasteiger partial charge in [-0.1, -0.05) is 13.3 Å². The summed E-state index contributed by atoms with van der Waals surface area (Å²) < 4.78 is 24.2. The topological polar surface area (TPSA) is 91.8 Å². The number of likely N-dealkylation sites (N-methyl/N-ethyl adjacent to an activating group) is 1. The number of carboxylic acid groups (broad SMARTS) is 1. The number of rotatable bonds is 7. The lowest BCUT2D eigenvalue weighted by molar-refractivity contribution is -0.147. The minimum absolute atomic E-state index is 0.0722. The van der Waals surface area contributed by atoms with Crippen molar-refractivity contribution in [3.63, 3.8) is 0 Å². The molecule has 1 aromatic carbocycles. The van der Waals surface area contributed by atoms with Crippen molar-refractivity contribution < 1.29 is 23.1 Å². The summed E-state index contributed by atoms with van der Waals surface area (Å²) in [6.45, 7) is 4.77. The number of hydrogen-bond acceptors (Lipinski definition) is 4. The highest BCUT2D eigenvalue weighted by Gasteiger charge is 2.35. The van der Waals surface area contributed by atoms with Crippen LogP contribution in [0.15, 0.2) is 29.2 Å². The molecule has 23 heavy (non-hydrogen) atoms. The molecule has 1 aromatic rings. The van der Waals surface area contributed by atoms with E-state index in [1.54, 1.807) is 0 Å². The normalized spacial score (nSPS) is 12.0. The van der Waals surface area contributed by atoms with Gasteiger partial charge >= 0.3 is 5.97 Å². The number of carbonyl (C=O) groups excluding carboxylic acids is 1. The van der Waals surface area contributed by atoms with Crippen molar-refractivity contribution in [2.45, 2.75) is 44.0 Å². The molecule has 0 aliphatic carbocycles. The average molecular weight is 341 g/mol. The summed E-state index contributed by atoms with van der Waals surface area (Å²) in [5.41, 5.74) is -1.11. The smallest absolute Gasteiger partial charge is 0.329 e. The molecule has 0 unspecified atom stereocenters. The van der Waals surface area contributed by atoms with Crippen LogP contribution in [0.25, 0.3) is 0 Å². The first-order valence-electron chi connectivity index (χ1n) is 7.38. The van der Waals surface area contributed by atoms with E-state index in [0.717, 1.165) is 11.3 Å². The number of unbranched alkanes of at least 4 members (excludes halogenated alkanes) is 1. The quantitative estimate of drug-likeness (QED) is 0.821. The van der Waals surface area contributed by atoms with Crippen LogP contribution in [-0.2, 0) is 14.6 Å². The maximum Gasteiger partial charge on any atom is 0.329 e. The minimum Gasteiger partial charge on any atom is -0.480 e. The van der Waals surface area contributed by atoms with Gasteiger partial charge in [0, 0.05) is 12.6 Å². The predicted octanol–water partition coefficient (Wildman–Crippen LogP) is 2.20. The Morgan fingerprint density at radius 2 is 1.70 bits per heavy atom. The van der Waals surface area contributed by atoms with E-state index in [-0.39, 0.29) is 16.2 Å². The van der Waals surface area contributed by atoms with Crippen LogP contribution in [0.3, 0.4) is 0 Å². The molecule has 128 valence electrons. The van der Waals surface area contributed by atoms with Gasteiger partial charge in [0.05, 0.1) is 10.6 Å². The van der Waals surface area contributed by atoms with E-state index in [2.05, 4.69) is 0 Å². The van der Waals surface area contributed by atoms with Gasteiger partial charge in [-0.05, 0) is 44.5 Å². The molecule has 0 bridgehead atoms. The first kappa shape index (κ1) is 19.2. The zero-order valence-electron chi connectivity index (χ0n) is 13.9. The Morgan fingerprint density at radius 1 is 1.17 bits per heavy atom. The fourth-order valence-corrected chi connectivity index (χ4v) is 3.30. The van der Waals surface area contributed by atoms with Crippen LogP contribution in [0.4, 0.5) is 0 Å². The maximum atomic E-state index is 12.3. The zero-order chi connectivity index (χ0) is 17.8. The highest BCUT2D eigenvalue weighted by Crippen LogP contribution is 2.19. The van der Waals surface area contributed by atoms with E-state index in [1.807, 2.05) is 6.92 Å². The summed E-state index contributed by atoms with van der Waals surface area (Å²) in [4.78, 5) is 24.8.